The lowest BCUT2D eigenvalue weighted by Crippen LogP contribution is -2.29. The van der Waals surface area contributed by atoms with Crippen LogP contribution in [0.15, 0.2) is 30.3 Å². The van der Waals surface area contributed by atoms with Crippen molar-refractivity contribution in [3.05, 3.63) is 50.1 Å². The maximum absolute atomic E-state index is 6.04. The molecule has 0 radical (unpaired) electrons. The number of rotatable bonds is 5. The third-order valence-electron chi connectivity index (χ3n) is 2.80. The van der Waals surface area contributed by atoms with Crippen LogP contribution in [0.25, 0.3) is 0 Å². The molecule has 1 heterocycles. The number of nitrogens with two attached hydrogens (primary N) is 1. The van der Waals surface area contributed by atoms with Crippen LogP contribution >= 0.6 is 34.5 Å². The molecule has 0 bridgehead atoms. The fraction of sp³-hybridized carbons (Fsp3) is 0.231. The van der Waals surface area contributed by atoms with E-state index in [1.54, 1.807) is 13.2 Å². The Balaban J connectivity index is 2.28. The van der Waals surface area contributed by atoms with Gasteiger partial charge in [0.05, 0.1) is 17.5 Å². The van der Waals surface area contributed by atoms with Gasteiger partial charge in [0.2, 0.25) is 0 Å². The molecular formula is C13H14Cl2N2OS. The molecule has 1 aromatic heterocycles. The minimum absolute atomic E-state index is 0.0802. The van der Waals surface area contributed by atoms with E-state index in [2.05, 4.69) is 5.43 Å². The highest BCUT2D eigenvalue weighted by atomic mass is 35.5. The zero-order chi connectivity index (χ0) is 13.8. The van der Waals surface area contributed by atoms with Crippen LogP contribution in [0.1, 0.15) is 16.5 Å². The van der Waals surface area contributed by atoms with Crippen LogP contribution in [0.3, 0.4) is 0 Å². The van der Waals surface area contributed by atoms with Gasteiger partial charge in [-0.25, -0.2) is 0 Å². The third kappa shape index (κ3) is 3.61. The highest BCUT2D eigenvalue weighted by molar-refractivity contribution is 7.16. The van der Waals surface area contributed by atoms with Crippen LogP contribution in [-0.4, -0.2) is 7.11 Å². The summed E-state index contributed by atoms with van der Waals surface area (Å²) in [4.78, 5) is 1.15. The largest absolute Gasteiger partial charge is 0.496 e. The topological polar surface area (TPSA) is 47.3 Å². The van der Waals surface area contributed by atoms with Gasteiger partial charge < -0.3 is 4.74 Å². The quantitative estimate of drug-likeness (QED) is 0.651. The van der Waals surface area contributed by atoms with Gasteiger partial charge in [0.25, 0.3) is 0 Å². The van der Waals surface area contributed by atoms with E-state index in [0.29, 0.717) is 5.02 Å². The van der Waals surface area contributed by atoms with Gasteiger partial charge in [0.1, 0.15) is 5.75 Å². The van der Waals surface area contributed by atoms with Crippen molar-refractivity contribution in [2.24, 2.45) is 5.84 Å². The summed E-state index contributed by atoms with van der Waals surface area (Å²) in [5.74, 6) is 6.42. The highest BCUT2D eigenvalue weighted by Gasteiger charge is 2.17. The molecule has 1 unspecified atom stereocenters. The fourth-order valence-electron chi connectivity index (χ4n) is 1.90. The maximum atomic E-state index is 6.04. The lowest BCUT2D eigenvalue weighted by atomic mass is 10.0. The summed E-state index contributed by atoms with van der Waals surface area (Å²) in [5, 5.41) is 0.653. The number of methoxy groups -OCH3 is 1. The molecule has 2 rings (SSSR count). The summed E-state index contributed by atoms with van der Waals surface area (Å²) in [6.45, 7) is 0. The molecule has 2 aromatic rings. The van der Waals surface area contributed by atoms with Gasteiger partial charge in [0, 0.05) is 21.9 Å². The van der Waals surface area contributed by atoms with Crippen molar-refractivity contribution >= 4 is 34.5 Å². The van der Waals surface area contributed by atoms with Crippen molar-refractivity contribution in [1.29, 1.82) is 0 Å². The molecule has 19 heavy (non-hydrogen) atoms. The van der Waals surface area contributed by atoms with Crippen molar-refractivity contribution in [3.63, 3.8) is 0 Å². The first-order valence-electron chi connectivity index (χ1n) is 5.68. The standard InChI is InChI=1S/C13H14Cl2N2OS/c1-18-12-4-2-8(14)6-10(12)11(17-16)7-9-3-5-13(15)19-9/h2-6,11,17H,7,16H2,1H3. The summed E-state index contributed by atoms with van der Waals surface area (Å²) < 4.78 is 6.12. The number of thiophene rings is 1. The van der Waals surface area contributed by atoms with Gasteiger partial charge in [0.15, 0.2) is 0 Å². The molecule has 0 saturated carbocycles. The average Bonchev–Trinajstić information content (AvgIpc) is 2.81. The van der Waals surface area contributed by atoms with E-state index >= 15 is 0 Å². The molecule has 0 aliphatic heterocycles. The number of hydrogen-bond acceptors (Lipinski definition) is 4. The van der Waals surface area contributed by atoms with Gasteiger partial charge in [-0.2, -0.15) is 0 Å². The van der Waals surface area contributed by atoms with E-state index in [1.807, 2.05) is 24.3 Å². The number of hydrazine groups is 1. The zero-order valence-corrected chi connectivity index (χ0v) is 12.6. The van der Waals surface area contributed by atoms with Gasteiger partial charge in [-0.05, 0) is 30.3 Å². The minimum Gasteiger partial charge on any atom is -0.496 e. The first-order chi connectivity index (χ1) is 9.13. The van der Waals surface area contributed by atoms with Crippen LogP contribution in [0.4, 0.5) is 0 Å². The normalized spacial score (nSPS) is 12.4. The molecule has 0 aliphatic carbocycles. The van der Waals surface area contributed by atoms with E-state index in [-0.39, 0.29) is 6.04 Å². The predicted molar refractivity (Wildman–Crippen MR) is 81.1 cm³/mol. The Morgan fingerprint density at radius 1 is 1.32 bits per heavy atom. The zero-order valence-electron chi connectivity index (χ0n) is 10.3. The molecule has 0 amide bonds. The van der Waals surface area contributed by atoms with Gasteiger partial charge >= 0.3 is 0 Å². The van der Waals surface area contributed by atoms with Crippen molar-refractivity contribution in [2.45, 2.75) is 12.5 Å². The Kier molecular flexibility index (Phi) is 5.07. The third-order valence-corrected chi connectivity index (χ3v) is 4.29. The van der Waals surface area contributed by atoms with Gasteiger partial charge in [-0.1, -0.05) is 23.2 Å². The average molecular weight is 317 g/mol. The lowest BCUT2D eigenvalue weighted by molar-refractivity contribution is 0.399. The molecule has 0 aliphatic rings. The summed E-state index contributed by atoms with van der Waals surface area (Å²) in [6.07, 6.45) is 0.727. The molecule has 6 heteroatoms. The van der Waals surface area contributed by atoms with Crippen LogP contribution in [0, 0.1) is 0 Å². The Morgan fingerprint density at radius 3 is 2.68 bits per heavy atom. The molecule has 0 spiro atoms. The second kappa shape index (κ2) is 6.59. The molecule has 1 atom stereocenters. The number of ether oxygens (including phenoxy) is 1. The van der Waals surface area contributed by atoms with Crippen molar-refractivity contribution in [2.75, 3.05) is 7.11 Å². The molecule has 102 valence electrons. The second-order valence-corrected chi connectivity index (χ2v) is 6.25. The maximum Gasteiger partial charge on any atom is 0.123 e. The Labute approximate surface area is 126 Å². The number of hydrogen-bond donors (Lipinski definition) is 2. The smallest absolute Gasteiger partial charge is 0.123 e. The minimum atomic E-state index is -0.0802. The number of benzene rings is 1. The predicted octanol–water partition coefficient (Wildman–Crippen LogP) is 3.81. The number of halogens is 2. The summed E-state index contributed by atoms with van der Waals surface area (Å²) in [5.41, 5.74) is 3.74. The Hall–Kier alpha value is -0.780. The van der Waals surface area contributed by atoms with E-state index in [0.717, 1.165) is 26.9 Å². The molecule has 1 aromatic carbocycles. The van der Waals surface area contributed by atoms with Crippen LogP contribution in [0.5, 0.6) is 5.75 Å². The van der Waals surface area contributed by atoms with Crippen molar-refractivity contribution in [1.82, 2.24) is 5.43 Å². The molecule has 0 fully saturated rings. The second-order valence-electron chi connectivity index (χ2n) is 4.02. The van der Waals surface area contributed by atoms with E-state index in [4.69, 9.17) is 33.8 Å². The highest BCUT2D eigenvalue weighted by Crippen LogP contribution is 2.32. The lowest BCUT2D eigenvalue weighted by Gasteiger charge is -2.18. The van der Waals surface area contributed by atoms with Crippen LogP contribution in [0.2, 0.25) is 9.36 Å². The Morgan fingerprint density at radius 2 is 2.11 bits per heavy atom. The molecule has 3 nitrogen and oxygen atoms in total. The van der Waals surface area contributed by atoms with Crippen molar-refractivity contribution in [3.8, 4) is 5.75 Å². The van der Waals surface area contributed by atoms with Crippen molar-refractivity contribution < 1.29 is 4.74 Å². The first-order valence-corrected chi connectivity index (χ1v) is 7.25. The van der Waals surface area contributed by atoms with Crippen LogP contribution < -0.4 is 16.0 Å². The Bertz CT molecular complexity index is 559. The molecule has 3 N–H and O–H groups in total. The molecule has 0 saturated heterocycles. The van der Waals surface area contributed by atoms with E-state index < -0.39 is 0 Å². The molecular weight excluding hydrogens is 303 g/mol. The van der Waals surface area contributed by atoms with Gasteiger partial charge in [-0.15, -0.1) is 11.3 Å². The number of nitrogens with one attached hydrogen (secondary N) is 1. The fourth-order valence-corrected chi connectivity index (χ4v) is 3.21. The van der Waals surface area contributed by atoms with E-state index in [9.17, 15) is 0 Å². The van der Waals surface area contributed by atoms with Crippen LogP contribution in [-0.2, 0) is 6.42 Å². The first kappa shape index (κ1) is 14.6. The van der Waals surface area contributed by atoms with Gasteiger partial charge in [-0.3, -0.25) is 11.3 Å². The SMILES string of the molecule is COc1ccc(Cl)cc1C(Cc1ccc(Cl)s1)NN. The summed E-state index contributed by atoms with van der Waals surface area (Å²) in [7, 11) is 1.63. The summed E-state index contributed by atoms with van der Waals surface area (Å²) in [6, 6.07) is 9.28. The summed E-state index contributed by atoms with van der Waals surface area (Å²) >= 11 is 13.5. The van der Waals surface area contributed by atoms with E-state index in [1.165, 1.54) is 11.3 Å². The monoisotopic (exact) mass is 316 g/mol.